The third kappa shape index (κ3) is 2.56. The molecule has 0 aliphatic heterocycles. The highest BCUT2D eigenvalue weighted by Crippen LogP contribution is 2.24. The van der Waals surface area contributed by atoms with Crippen molar-refractivity contribution >= 4 is 0 Å². The molecule has 1 atom stereocenters. The number of nitrogens with zero attached hydrogens (tertiary/aromatic N) is 2. The molecule has 80 valence electrons. The molecule has 1 aromatic heterocycles. The molecule has 0 bridgehead atoms. The van der Waals surface area contributed by atoms with Crippen LogP contribution >= 0.6 is 0 Å². The Morgan fingerprint density at radius 1 is 1.14 bits per heavy atom. The average Bonchev–Trinajstić information content (AvgIpc) is 2.63. The van der Waals surface area contributed by atoms with Crippen LogP contribution in [0.1, 0.15) is 70.6 Å². The van der Waals surface area contributed by atoms with E-state index in [9.17, 15) is 0 Å². The Kier molecular flexibility index (Phi) is 4.11. The van der Waals surface area contributed by atoms with E-state index in [4.69, 9.17) is 4.42 Å². The van der Waals surface area contributed by atoms with Crippen molar-refractivity contribution in [2.75, 3.05) is 0 Å². The Morgan fingerprint density at radius 2 is 1.79 bits per heavy atom. The molecule has 0 spiro atoms. The number of hydrogen-bond acceptors (Lipinski definition) is 3. The van der Waals surface area contributed by atoms with Gasteiger partial charge in [0.2, 0.25) is 11.8 Å². The average molecular weight is 196 g/mol. The van der Waals surface area contributed by atoms with Crippen LogP contribution in [0, 0.1) is 0 Å². The maximum absolute atomic E-state index is 5.63. The topological polar surface area (TPSA) is 38.9 Å². The Balaban J connectivity index is 2.73. The van der Waals surface area contributed by atoms with Gasteiger partial charge in [-0.1, -0.05) is 34.1 Å². The molecule has 0 saturated heterocycles. The van der Waals surface area contributed by atoms with Crippen molar-refractivity contribution in [3.05, 3.63) is 11.8 Å². The molecule has 0 N–H and O–H groups in total. The molecule has 0 radical (unpaired) electrons. The first-order valence-corrected chi connectivity index (χ1v) is 5.52. The number of rotatable bonds is 5. The Bertz CT molecular complexity index is 268. The van der Waals surface area contributed by atoms with Crippen molar-refractivity contribution in [2.45, 2.75) is 58.8 Å². The van der Waals surface area contributed by atoms with Crippen LogP contribution in [-0.2, 0) is 0 Å². The molecule has 0 saturated carbocycles. The van der Waals surface area contributed by atoms with Crippen LogP contribution in [0.15, 0.2) is 4.42 Å². The molecule has 3 nitrogen and oxygen atoms in total. The van der Waals surface area contributed by atoms with Gasteiger partial charge in [0.15, 0.2) is 0 Å². The van der Waals surface area contributed by atoms with Crippen LogP contribution in [0.5, 0.6) is 0 Å². The maximum atomic E-state index is 5.63. The van der Waals surface area contributed by atoms with Crippen molar-refractivity contribution in [3.63, 3.8) is 0 Å². The molecule has 3 heteroatoms. The molecule has 1 heterocycles. The highest BCUT2D eigenvalue weighted by Gasteiger charge is 2.17. The summed E-state index contributed by atoms with van der Waals surface area (Å²) in [6.45, 7) is 8.48. The summed E-state index contributed by atoms with van der Waals surface area (Å²) in [6, 6.07) is 0. The highest BCUT2D eigenvalue weighted by molar-refractivity contribution is 4.93. The van der Waals surface area contributed by atoms with Gasteiger partial charge in [-0.15, -0.1) is 10.2 Å². The molecule has 1 aromatic rings. The minimum Gasteiger partial charge on any atom is -0.425 e. The zero-order valence-corrected chi connectivity index (χ0v) is 9.58. The summed E-state index contributed by atoms with van der Waals surface area (Å²) >= 11 is 0. The predicted octanol–water partition coefficient (Wildman–Crippen LogP) is 3.49. The lowest BCUT2D eigenvalue weighted by Crippen LogP contribution is -1.96. The van der Waals surface area contributed by atoms with Crippen LogP contribution in [-0.4, -0.2) is 10.2 Å². The first kappa shape index (κ1) is 11.2. The van der Waals surface area contributed by atoms with Gasteiger partial charge in [-0.25, -0.2) is 0 Å². The van der Waals surface area contributed by atoms with Gasteiger partial charge in [0.05, 0.1) is 0 Å². The Morgan fingerprint density at radius 3 is 2.21 bits per heavy atom. The van der Waals surface area contributed by atoms with Crippen LogP contribution < -0.4 is 0 Å². The lowest BCUT2D eigenvalue weighted by atomic mass is 10.0. The maximum Gasteiger partial charge on any atom is 0.219 e. The van der Waals surface area contributed by atoms with Crippen LogP contribution in [0.3, 0.4) is 0 Å². The van der Waals surface area contributed by atoms with E-state index in [1.807, 2.05) is 0 Å². The van der Waals surface area contributed by atoms with E-state index >= 15 is 0 Å². The lowest BCUT2D eigenvalue weighted by Gasteiger charge is -2.07. The van der Waals surface area contributed by atoms with E-state index in [0.717, 1.165) is 31.0 Å². The second-order valence-corrected chi connectivity index (χ2v) is 4.03. The van der Waals surface area contributed by atoms with Crippen molar-refractivity contribution in [1.82, 2.24) is 10.2 Å². The van der Waals surface area contributed by atoms with E-state index < -0.39 is 0 Å². The second-order valence-electron chi connectivity index (χ2n) is 4.03. The number of aromatic nitrogens is 2. The quantitative estimate of drug-likeness (QED) is 0.723. The monoisotopic (exact) mass is 196 g/mol. The standard InChI is InChI=1S/C11H20N2O/c1-5-7-9(6-2)11-13-12-10(14-11)8(3)4/h8-9H,5-7H2,1-4H3. The number of hydrogen-bond donors (Lipinski definition) is 0. The lowest BCUT2D eigenvalue weighted by molar-refractivity contribution is 0.386. The van der Waals surface area contributed by atoms with Crippen LogP contribution in [0.4, 0.5) is 0 Å². The van der Waals surface area contributed by atoms with Gasteiger partial charge in [-0.3, -0.25) is 0 Å². The normalized spacial score (nSPS) is 13.5. The van der Waals surface area contributed by atoms with E-state index in [1.165, 1.54) is 0 Å². The molecule has 0 fully saturated rings. The Labute approximate surface area is 85.9 Å². The predicted molar refractivity (Wildman–Crippen MR) is 56.3 cm³/mol. The molecular formula is C11H20N2O. The van der Waals surface area contributed by atoms with Crippen molar-refractivity contribution < 1.29 is 4.42 Å². The highest BCUT2D eigenvalue weighted by atomic mass is 16.4. The van der Waals surface area contributed by atoms with Gasteiger partial charge in [0.1, 0.15) is 0 Å². The van der Waals surface area contributed by atoms with Gasteiger partial charge in [-0.05, 0) is 12.8 Å². The largest absolute Gasteiger partial charge is 0.425 e. The molecule has 1 rings (SSSR count). The minimum atomic E-state index is 0.329. The van der Waals surface area contributed by atoms with E-state index in [2.05, 4.69) is 37.9 Å². The summed E-state index contributed by atoms with van der Waals surface area (Å²) < 4.78 is 5.63. The van der Waals surface area contributed by atoms with Gasteiger partial charge in [0.25, 0.3) is 0 Å². The first-order chi connectivity index (χ1) is 6.69. The van der Waals surface area contributed by atoms with E-state index in [0.29, 0.717) is 11.8 Å². The van der Waals surface area contributed by atoms with Crippen molar-refractivity contribution in [3.8, 4) is 0 Å². The van der Waals surface area contributed by atoms with Crippen LogP contribution in [0.2, 0.25) is 0 Å². The molecule has 1 unspecified atom stereocenters. The third-order valence-corrected chi connectivity index (χ3v) is 2.43. The third-order valence-electron chi connectivity index (χ3n) is 2.43. The summed E-state index contributed by atoms with van der Waals surface area (Å²) in [5, 5.41) is 8.16. The van der Waals surface area contributed by atoms with Crippen molar-refractivity contribution in [2.24, 2.45) is 0 Å². The molecule has 0 aliphatic rings. The zero-order valence-electron chi connectivity index (χ0n) is 9.58. The SMILES string of the molecule is CCCC(CC)c1nnc(C(C)C)o1. The van der Waals surface area contributed by atoms with Gasteiger partial charge in [-0.2, -0.15) is 0 Å². The fourth-order valence-corrected chi connectivity index (χ4v) is 1.50. The summed E-state index contributed by atoms with van der Waals surface area (Å²) in [5.41, 5.74) is 0. The first-order valence-electron chi connectivity index (χ1n) is 5.52. The molecule has 0 aliphatic carbocycles. The molecular weight excluding hydrogens is 176 g/mol. The van der Waals surface area contributed by atoms with Gasteiger partial charge < -0.3 is 4.42 Å². The summed E-state index contributed by atoms with van der Waals surface area (Å²) in [5.74, 6) is 2.35. The zero-order chi connectivity index (χ0) is 10.6. The molecule has 0 amide bonds. The smallest absolute Gasteiger partial charge is 0.219 e. The van der Waals surface area contributed by atoms with Gasteiger partial charge >= 0.3 is 0 Å². The van der Waals surface area contributed by atoms with E-state index in [1.54, 1.807) is 0 Å². The summed E-state index contributed by atoms with van der Waals surface area (Å²) in [7, 11) is 0. The minimum absolute atomic E-state index is 0.329. The second kappa shape index (κ2) is 5.13. The molecule has 0 aromatic carbocycles. The summed E-state index contributed by atoms with van der Waals surface area (Å²) in [4.78, 5) is 0. The Hall–Kier alpha value is -0.860. The van der Waals surface area contributed by atoms with E-state index in [-0.39, 0.29) is 0 Å². The molecule has 14 heavy (non-hydrogen) atoms. The van der Waals surface area contributed by atoms with Crippen LogP contribution in [0.25, 0.3) is 0 Å². The fourth-order valence-electron chi connectivity index (χ4n) is 1.50. The van der Waals surface area contributed by atoms with Crippen molar-refractivity contribution in [1.29, 1.82) is 0 Å². The summed E-state index contributed by atoms with van der Waals surface area (Å²) in [6.07, 6.45) is 3.38. The fraction of sp³-hybridized carbons (Fsp3) is 0.818. The van der Waals surface area contributed by atoms with Gasteiger partial charge in [0, 0.05) is 11.8 Å².